The zero-order valence-corrected chi connectivity index (χ0v) is 9.18. The molecule has 0 amide bonds. The quantitative estimate of drug-likeness (QED) is 0.686. The molecule has 0 saturated heterocycles. The van der Waals surface area contributed by atoms with Crippen LogP contribution >= 0.6 is 0 Å². The Labute approximate surface area is 80.1 Å². The fraction of sp³-hybridized carbons (Fsp3) is 0.900. The molecule has 3 heteroatoms. The Morgan fingerprint density at radius 1 is 1.23 bits per heavy atom. The van der Waals surface area contributed by atoms with E-state index < -0.39 is 11.6 Å². The number of carbonyl (C=O) groups is 1. The first kappa shape index (κ1) is 12.4. The van der Waals surface area contributed by atoms with Crippen molar-refractivity contribution >= 4 is 5.97 Å². The molecule has 0 aliphatic carbocycles. The highest BCUT2D eigenvalue weighted by molar-refractivity contribution is 5.78. The van der Waals surface area contributed by atoms with Crippen molar-refractivity contribution in [3.63, 3.8) is 0 Å². The minimum absolute atomic E-state index is 0.153. The molecule has 0 atom stereocenters. The third kappa shape index (κ3) is 6.58. The average molecular weight is 188 g/mol. The Balaban J connectivity index is 3.74. The minimum atomic E-state index is -1.38. The molecule has 0 fully saturated rings. The highest BCUT2D eigenvalue weighted by atomic mass is 16.5. The first-order chi connectivity index (χ1) is 5.63. The maximum Gasteiger partial charge on any atom is 0.337 e. The molecule has 0 radical (unpaired) electrons. The fourth-order valence-corrected chi connectivity index (χ4v) is 0.627. The normalized spacial score (nSPS) is 12.8. The molecule has 0 unspecified atom stereocenters. The highest BCUT2D eigenvalue weighted by Crippen LogP contribution is 2.18. The molecule has 1 N–H and O–H groups in total. The van der Waals surface area contributed by atoms with Crippen molar-refractivity contribution in [3.8, 4) is 0 Å². The lowest BCUT2D eigenvalue weighted by Crippen LogP contribution is -2.33. The Hall–Kier alpha value is -0.570. The molecule has 0 spiro atoms. The molecule has 0 aromatic rings. The lowest BCUT2D eigenvalue weighted by molar-refractivity contribution is -0.162. The van der Waals surface area contributed by atoms with E-state index in [9.17, 15) is 9.90 Å². The van der Waals surface area contributed by atoms with Crippen molar-refractivity contribution in [2.75, 3.05) is 6.61 Å². The van der Waals surface area contributed by atoms with Crippen LogP contribution in [0.2, 0.25) is 0 Å². The van der Waals surface area contributed by atoms with Gasteiger partial charge in [-0.15, -0.1) is 0 Å². The summed E-state index contributed by atoms with van der Waals surface area (Å²) >= 11 is 0. The maximum absolute atomic E-state index is 11.1. The van der Waals surface area contributed by atoms with Crippen LogP contribution in [-0.4, -0.2) is 23.3 Å². The van der Waals surface area contributed by atoms with E-state index in [0.29, 0.717) is 6.61 Å². The summed E-state index contributed by atoms with van der Waals surface area (Å²) in [6.45, 7) is 9.44. The molecule has 3 nitrogen and oxygen atoms in total. The standard InChI is InChI=1S/C10H20O3/c1-9(2,3)6-7-13-8(11)10(4,5)12/h12H,6-7H2,1-5H3. The fourth-order valence-electron chi connectivity index (χ4n) is 0.627. The Morgan fingerprint density at radius 2 is 1.69 bits per heavy atom. The molecule has 0 aromatic carbocycles. The predicted molar refractivity (Wildman–Crippen MR) is 51.3 cm³/mol. The summed E-state index contributed by atoms with van der Waals surface area (Å²) in [4.78, 5) is 11.1. The monoisotopic (exact) mass is 188 g/mol. The number of aliphatic hydroxyl groups is 1. The molecule has 0 heterocycles. The third-order valence-corrected chi connectivity index (χ3v) is 1.58. The van der Waals surface area contributed by atoms with E-state index in [-0.39, 0.29) is 5.41 Å². The number of esters is 1. The molecule has 78 valence electrons. The van der Waals surface area contributed by atoms with E-state index in [1.165, 1.54) is 13.8 Å². The molecule has 13 heavy (non-hydrogen) atoms. The minimum Gasteiger partial charge on any atom is -0.464 e. The van der Waals surface area contributed by atoms with Gasteiger partial charge in [0.05, 0.1) is 6.61 Å². The third-order valence-electron chi connectivity index (χ3n) is 1.58. The average Bonchev–Trinajstić information content (AvgIpc) is 1.82. The second-order valence-electron chi connectivity index (χ2n) is 5.01. The van der Waals surface area contributed by atoms with Gasteiger partial charge < -0.3 is 9.84 Å². The van der Waals surface area contributed by atoms with Crippen LogP contribution in [0.4, 0.5) is 0 Å². The summed E-state index contributed by atoms with van der Waals surface area (Å²) in [7, 11) is 0. The largest absolute Gasteiger partial charge is 0.464 e. The summed E-state index contributed by atoms with van der Waals surface area (Å²) in [5.74, 6) is -0.559. The summed E-state index contributed by atoms with van der Waals surface area (Å²) in [6, 6.07) is 0. The Kier molecular flexibility index (Phi) is 3.91. The van der Waals surface area contributed by atoms with Crippen LogP contribution in [0.15, 0.2) is 0 Å². The van der Waals surface area contributed by atoms with Crippen LogP contribution in [0.25, 0.3) is 0 Å². The molecular formula is C10H20O3. The summed E-state index contributed by atoms with van der Waals surface area (Å²) < 4.78 is 4.89. The van der Waals surface area contributed by atoms with Crippen molar-refractivity contribution < 1.29 is 14.6 Å². The van der Waals surface area contributed by atoms with Crippen LogP contribution in [0.3, 0.4) is 0 Å². The summed E-state index contributed by atoms with van der Waals surface area (Å²) in [5.41, 5.74) is -1.22. The first-order valence-electron chi connectivity index (χ1n) is 4.52. The van der Waals surface area contributed by atoms with Gasteiger partial charge >= 0.3 is 5.97 Å². The molecule has 0 aliphatic rings. The molecule has 0 rings (SSSR count). The van der Waals surface area contributed by atoms with Crippen molar-refractivity contribution in [2.45, 2.75) is 46.6 Å². The number of carbonyl (C=O) groups excluding carboxylic acids is 1. The van der Waals surface area contributed by atoms with Crippen LogP contribution in [-0.2, 0) is 9.53 Å². The lowest BCUT2D eigenvalue weighted by atomic mass is 9.93. The SMILES string of the molecule is CC(C)(C)CCOC(=O)C(C)(C)O. The second kappa shape index (κ2) is 4.09. The number of hydrogen-bond acceptors (Lipinski definition) is 3. The van der Waals surface area contributed by atoms with Gasteiger partial charge in [0, 0.05) is 0 Å². The van der Waals surface area contributed by atoms with Crippen molar-refractivity contribution in [3.05, 3.63) is 0 Å². The van der Waals surface area contributed by atoms with E-state index in [2.05, 4.69) is 20.8 Å². The van der Waals surface area contributed by atoms with Gasteiger partial charge in [0.15, 0.2) is 5.60 Å². The Morgan fingerprint density at radius 3 is 2.00 bits per heavy atom. The van der Waals surface area contributed by atoms with Crippen LogP contribution < -0.4 is 0 Å². The van der Waals surface area contributed by atoms with Gasteiger partial charge in [0.1, 0.15) is 0 Å². The molecule has 0 saturated carbocycles. The van der Waals surface area contributed by atoms with Gasteiger partial charge in [0.25, 0.3) is 0 Å². The summed E-state index contributed by atoms with van der Waals surface area (Å²) in [5, 5.41) is 9.24. The maximum atomic E-state index is 11.1. The smallest absolute Gasteiger partial charge is 0.337 e. The molecule has 0 aromatic heterocycles. The highest BCUT2D eigenvalue weighted by Gasteiger charge is 2.25. The number of hydrogen-bond donors (Lipinski definition) is 1. The van der Waals surface area contributed by atoms with Gasteiger partial charge in [-0.05, 0) is 25.7 Å². The zero-order chi connectivity index (χ0) is 10.7. The lowest BCUT2D eigenvalue weighted by Gasteiger charge is -2.20. The van der Waals surface area contributed by atoms with Gasteiger partial charge in [-0.1, -0.05) is 20.8 Å². The van der Waals surface area contributed by atoms with E-state index >= 15 is 0 Å². The van der Waals surface area contributed by atoms with Gasteiger partial charge in [-0.25, -0.2) is 4.79 Å². The predicted octanol–water partition coefficient (Wildman–Crippen LogP) is 1.74. The molecule has 0 aliphatic heterocycles. The van der Waals surface area contributed by atoms with Crippen molar-refractivity contribution in [1.82, 2.24) is 0 Å². The van der Waals surface area contributed by atoms with Crippen molar-refractivity contribution in [2.24, 2.45) is 5.41 Å². The number of ether oxygens (including phenoxy) is 1. The summed E-state index contributed by atoms with van der Waals surface area (Å²) in [6.07, 6.45) is 0.800. The van der Waals surface area contributed by atoms with Crippen molar-refractivity contribution in [1.29, 1.82) is 0 Å². The van der Waals surface area contributed by atoms with Gasteiger partial charge in [0.2, 0.25) is 0 Å². The Bertz CT molecular complexity index is 172. The van der Waals surface area contributed by atoms with Crippen LogP contribution in [0, 0.1) is 5.41 Å². The second-order valence-corrected chi connectivity index (χ2v) is 5.01. The zero-order valence-electron chi connectivity index (χ0n) is 9.18. The number of rotatable bonds is 3. The van der Waals surface area contributed by atoms with E-state index in [1.54, 1.807) is 0 Å². The topological polar surface area (TPSA) is 46.5 Å². The molecular weight excluding hydrogens is 168 g/mol. The van der Waals surface area contributed by atoms with E-state index in [4.69, 9.17) is 4.74 Å². The van der Waals surface area contributed by atoms with Crippen LogP contribution in [0.5, 0.6) is 0 Å². The van der Waals surface area contributed by atoms with E-state index in [1.807, 2.05) is 0 Å². The van der Waals surface area contributed by atoms with Gasteiger partial charge in [-0.2, -0.15) is 0 Å². The van der Waals surface area contributed by atoms with Gasteiger partial charge in [-0.3, -0.25) is 0 Å². The van der Waals surface area contributed by atoms with Crippen LogP contribution in [0.1, 0.15) is 41.0 Å². The molecule has 0 bridgehead atoms. The first-order valence-corrected chi connectivity index (χ1v) is 4.52. The van der Waals surface area contributed by atoms with E-state index in [0.717, 1.165) is 6.42 Å².